The van der Waals surface area contributed by atoms with Crippen LogP contribution in [0.5, 0.6) is 0 Å². The number of aromatic nitrogens is 1. The molecular weight excluding hydrogens is 284 g/mol. The van der Waals surface area contributed by atoms with E-state index in [-0.39, 0.29) is 0 Å². The molecule has 2 N–H and O–H groups in total. The van der Waals surface area contributed by atoms with Gasteiger partial charge in [0.15, 0.2) is 5.13 Å². The Kier molecular flexibility index (Phi) is 8.84. The molecule has 0 saturated heterocycles. The van der Waals surface area contributed by atoms with Crippen molar-refractivity contribution in [2.45, 2.75) is 40.3 Å². The van der Waals surface area contributed by atoms with Gasteiger partial charge in [0.05, 0.1) is 12.3 Å². The van der Waals surface area contributed by atoms with Crippen molar-refractivity contribution in [2.24, 2.45) is 5.73 Å². The lowest BCUT2D eigenvalue weighted by Crippen LogP contribution is -2.29. The van der Waals surface area contributed by atoms with Gasteiger partial charge in [0.2, 0.25) is 0 Å². The Hall–Kier alpha value is -0.690. The summed E-state index contributed by atoms with van der Waals surface area (Å²) in [5.41, 5.74) is 6.79. The maximum Gasteiger partial charge on any atom is 0.185 e. The quantitative estimate of drug-likeness (QED) is 0.679. The van der Waals surface area contributed by atoms with E-state index in [0.29, 0.717) is 13.2 Å². The summed E-state index contributed by atoms with van der Waals surface area (Å²) in [6.07, 6.45) is 1.16. The largest absolute Gasteiger partial charge is 0.378 e. The van der Waals surface area contributed by atoms with Crippen molar-refractivity contribution in [2.75, 3.05) is 44.7 Å². The number of ether oxygens (including phenoxy) is 1. The van der Waals surface area contributed by atoms with Gasteiger partial charge >= 0.3 is 0 Å². The van der Waals surface area contributed by atoms with Crippen molar-refractivity contribution in [3.8, 4) is 0 Å². The Labute approximate surface area is 133 Å². The molecule has 0 aliphatic carbocycles. The second kappa shape index (κ2) is 10.1. The SMILES string of the molecule is CCN(CC)CCCN(CC)c1nc(COC)c(CN)s1. The molecule has 1 heterocycles. The number of methoxy groups -OCH3 is 1. The molecule has 0 radical (unpaired) electrons. The zero-order valence-corrected chi connectivity index (χ0v) is 14.7. The van der Waals surface area contributed by atoms with Gasteiger partial charge in [-0.3, -0.25) is 0 Å². The topological polar surface area (TPSA) is 54.6 Å². The molecule has 0 amide bonds. The minimum atomic E-state index is 0.535. The third-order valence-corrected chi connectivity index (χ3v) is 4.86. The molecule has 0 saturated carbocycles. The zero-order chi connectivity index (χ0) is 15.7. The van der Waals surface area contributed by atoms with Crippen molar-refractivity contribution in [3.05, 3.63) is 10.6 Å². The van der Waals surface area contributed by atoms with Gasteiger partial charge in [-0.1, -0.05) is 13.8 Å². The van der Waals surface area contributed by atoms with Crippen molar-refractivity contribution in [3.63, 3.8) is 0 Å². The Morgan fingerprint density at radius 1 is 1.14 bits per heavy atom. The van der Waals surface area contributed by atoms with E-state index >= 15 is 0 Å². The molecule has 6 heteroatoms. The van der Waals surface area contributed by atoms with Gasteiger partial charge in [0, 0.05) is 31.6 Å². The van der Waals surface area contributed by atoms with Crippen LogP contribution >= 0.6 is 11.3 Å². The van der Waals surface area contributed by atoms with Crippen LogP contribution in [0.2, 0.25) is 0 Å². The first kappa shape index (κ1) is 18.4. The molecule has 5 nitrogen and oxygen atoms in total. The molecule has 1 aromatic rings. The fourth-order valence-electron chi connectivity index (χ4n) is 2.33. The van der Waals surface area contributed by atoms with Crippen LogP contribution in [-0.2, 0) is 17.9 Å². The lowest BCUT2D eigenvalue weighted by molar-refractivity contribution is 0.181. The van der Waals surface area contributed by atoms with Gasteiger partial charge in [0.1, 0.15) is 0 Å². The molecule has 0 aliphatic rings. The Morgan fingerprint density at radius 3 is 2.38 bits per heavy atom. The molecule has 0 unspecified atom stereocenters. The number of hydrogen-bond acceptors (Lipinski definition) is 6. The van der Waals surface area contributed by atoms with E-state index in [2.05, 4.69) is 30.6 Å². The number of nitrogens with two attached hydrogens (primary N) is 1. The number of hydrogen-bond donors (Lipinski definition) is 1. The molecule has 0 aliphatic heterocycles. The summed E-state index contributed by atoms with van der Waals surface area (Å²) in [6.45, 7) is 13.1. The molecule has 1 aromatic heterocycles. The Balaban J connectivity index is 2.62. The highest BCUT2D eigenvalue weighted by Gasteiger charge is 2.14. The zero-order valence-electron chi connectivity index (χ0n) is 13.9. The molecule has 0 aromatic carbocycles. The van der Waals surface area contributed by atoms with Crippen molar-refractivity contribution < 1.29 is 4.74 Å². The second-order valence-electron chi connectivity index (χ2n) is 4.96. The third-order valence-electron chi connectivity index (χ3n) is 3.68. The lowest BCUT2D eigenvalue weighted by atomic mass is 10.3. The maximum absolute atomic E-state index is 5.80. The Morgan fingerprint density at radius 2 is 1.86 bits per heavy atom. The molecule has 0 fully saturated rings. The predicted molar refractivity (Wildman–Crippen MR) is 91.0 cm³/mol. The smallest absolute Gasteiger partial charge is 0.185 e. The van der Waals surface area contributed by atoms with Crippen molar-refractivity contribution in [1.82, 2.24) is 9.88 Å². The molecule has 1 rings (SSSR count). The van der Waals surface area contributed by atoms with Crippen LogP contribution in [-0.4, -0.2) is 49.7 Å². The first-order valence-electron chi connectivity index (χ1n) is 7.84. The predicted octanol–water partition coefficient (Wildman–Crippen LogP) is 2.31. The van der Waals surface area contributed by atoms with E-state index in [1.165, 1.54) is 0 Å². The highest BCUT2D eigenvalue weighted by atomic mass is 32.1. The van der Waals surface area contributed by atoms with E-state index in [4.69, 9.17) is 15.5 Å². The molecular formula is C15H30N4OS. The summed E-state index contributed by atoms with van der Waals surface area (Å²) in [4.78, 5) is 10.6. The molecule has 0 atom stereocenters. The monoisotopic (exact) mass is 314 g/mol. The second-order valence-corrected chi connectivity index (χ2v) is 6.03. The van der Waals surface area contributed by atoms with Crippen LogP contribution in [0.15, 0.2) is 0 Å². The van der Waals surface area contributed by atoms with Crippen LogP contribution in [0.1, 0.15) is 37.8 Å². The fourth-order valence-corrected chi connectivity index (χ4v) is 3.36. The minimum absolute atomic E-state index is 0.535. The molecule has 122 valence electrons. The highest BCUT2D eigenvalue weighted by molar-refractivity contribution is 7.15. The van der Waals surface area contributed by atoms with Gasteiger partial charge in [-0.15, -0.1) is 11.3 Å². The van der Waals surface area contributed by atoms with Crippen LogP contribution < -0.4 is 10.6 Å². The van der Waals surface area contributed by atoms with Gasteiger partial charge in [-0.05, 0) is 33.0 Å². The summed E-state index contributed by atoms with van der Waals surface area (Å²) in [5, 5.41) is 1.07. The normalized spacial score (nSPS) is 11.3. The Bertz CT molecular complexity index is 393. The van der Waals surface area contributed by atoms with E-state index < -0.39 is 0 Å². The summed E-state index contributed by atoms with van der Waals surface area (Å²) >= 11 is 1.70. The van der Waals surface area contributed by atoms with Crippen molar-refractivity contribution in [1.29, 1.82) is 0 Å². The number of thiazole rings is 1. The van der Waals surface area contributed by atoms with Gasteiger partial charge in [-0.2, -0.15) is 0 Å². The standard InChI is InChI=1S/C15H30N4OS/c1-5-18(6-2)9-8-10-19(7-3)15-17-13(12-20-4)14(11-16)21-15/h5-12,16H2,1-4H3. The molecule has 21 heavy (non-hydrogen) atoms. The highest BCUT2D eigenvalue weighted by Crippen LogP contribution is 2.26. The maximum atomic E-state index is 5.80. The van der Waals surface area contributed by atoms with E-state index in [1.807, 2.05) is 0 Å². The average Bonchev–Trinajstić information content (AvgIpc) is 2.91. The van der Waals surface area contributed by atoms with Gasteiger partial charge in [0.25, 0.3) is 0 Å². The molecule has 0 spiro atoms. The van der Waals surface area contributed by atoms with Crippen LogP contribution in [0.25, 0.3) is 0 Å². The fraction of sp³-hybridized carbons (Fsp3) is 0.800. The lowest BCUT2D eigenvalue weighted by Gasteiger charge is -2.23. The first-order chi connectivity index (χ1) is 10.2. The van der Waals surface area contributed by atoms with Gasteiger partial charge in [-0.25, -0.2) is 4.98 Å². The van der Waals surface area contributed by atoms with E-state index in [9.17, 15) is 0 Å². The average molecular weight is 314 g/mol. The number of nitrogens with zero attached hydrogens (tertiary/aromatic N) is 3. The minimum Gasteiger partial charge on any atom is -0.378 e. The molecule has 0 bridgehead atoms. The number of rotatable bonds is 11. The summed E-state index contributed by atoms with van der Waals surface area (Å²) in [5.74, 6) is 0. The van der Waals surface area contributed by atoms with Crippen LogP contribution in [0.3, 0.4) is 0 Å². The number of anilines is 1. The van der Waals surface area contributed by atoms with E-state index in [1.54, 1.807) is 18.4 Å². The first-order valence-corrected chi connectivity index (χ1v) is 8.66. The van der Waals surface area contributed by atoms with Crippen molar-refractivity contribution >= 4 is 16.5 Å². The third kappa shape index (κ3) is 5.54. The van der Waals surface area contributed by atoms with Gasteiger partial charge < -0.3 is 20.3 Å². The van der Waals surface area contributed by atoms with Crippen LogP contribution in [0.4, 0.5) is 5.13 Å². The van der Waals surface area contributed by atoms with E-state index in [0.717, 1.165) is 54.8 Å². The summed E-state index contributed by atoms with van der Waals surface area (Å²) < 4.78 is 5.20. The summed E-state index contributed by atoms with van der Waals surface area (Å²) in [7, 11) is 1.70. The van der Waals surface area contributed by atoms with Crippen LogP contribution in [0, 0.1) is 0 Å². The summed E-state index contributed by atoms with van der Waals surface area (Å²) in [6, 6.07) is 0.